The molecule has 0 aliphatic carbocycles. The van der Waals surface area contributed by atoms with Gasteiger partial charge in [0.1, 0.15) is 14.0 Å². The zero-order chi connectivity index (χ0) is 17.1. The van der Waals surface area contributed by atoms with E-state index < -0.39 is 0 Å². The van der Waals surface area contributed by atoms with Gasteiger partial charge in [-0.15, -0.1) is 4.47 Å². The summed E-state index contributed by atoms with van der Waals surface area (Å²) in [4.78, 5) is 16.6. The van der Waals surface area contributed by atoms with Crippen LogP contribution in [0.1, 0.15) is 35.1 Å². The predicted molar refractivity (Wildman–Crippen MR) is 100 cm³/mol. The molecule has 7 heteroatoms. The maximum atomic E-state index is 11.9. The minimum absolute atomic E-state index is 0.108. The van der Waals surface area contributed by atoms with E-state index in [1.807, 2.05) is 48.9 Å². The van der Waals surface area contributed by atoms with Crippen LogP contribution < -0.4 is 5.46 Å². The quantitative estimate of drug-likeness (QED) is 0.393. The van der Waals surface area contributed by atoms with Crippen LogP contribution in [0.25, 0.3) is 4.91 Å². The molecule has 0 bridgehead atoms. The Kier molecular flexibility index (Phi) is 5.04. The molecule has 0 amide bonds. The highest BCUT2D eigenvalue weighted by Gasteiger charge is 2.29. The number of hydroxylamine groups is 1. The van der Waals surface area contributed by atoms with Crippen molar-refractivity contribution in [1.82, 2.24) is 9.04 Å². The van der Waals surface area contributed by atoms with Crippen LogP contribution in [0.3, 0.4) is 0 Å². The molecule has 3 rings (SSSR count). The van der Waals surface area contributed by atoms with E-state index in [4.69, 9.17) is 0 Å². The molecule has 0 saturated heterocycles. The first-order chi connectivity index (χ1) is 11.6. The Morgan fingerprint density at radius 2 is 2.17 bits per heavy atom. The van der Waals surface area contributed by atoms with E-state index in [1.54, 1.807) is 12.3 Å². The van der Waals surface area contributed by atoms with Crippen molar-refractivity contribution in [2.24, 2.45) is 4.99 Å². The Morgan fingerprint density at radius 1 is 1.42 bits per heavy atom. The van der Waals surface area contributed by atoms with Crippen molar-refractivity contribution in [2.75, 3.05) is 0 Å². The minimum Gasteiger partial charge on any atom is -0.326 e. The van der Waals surface area contributed by atoms with E-state index in [2.05, 4.69) is 11.7 Å². The molecule has 1 unspecified atom stereocenters. The van der Waals surface area contributed by atoms with Crippen LogP contribution in [0.2, 0.25) is 0 Å². The molecule has 0 saturated carbocycles. The van der Waals surface area contributed by atoms with Crippen LogP contribution in [0, 0.1) is 0 Å². The molecular formula is C17H18BN3O2S. The Bertz CT molecular complexity index is 785. The number of benzene rings is 1. The number of carbonyl (C=O) groups excluding carboxylic acids is 1. The molecule has 1 aliphatic rings. The second-order valence-corrected chi connectivity index (χ2v) is 6.68. The molecule has 24 heavy (non-hydrogen) atoms. The average molecular weight is 339 g/mol. The molecule has 5 nitrogen and oxygen atoms in total. The summed E-state index contributed by atoms with van der Waals surface area (Å²) < 4.78 is 3.00. The standard InChI is InChI=1S/C17H18BN3O2S/c1-19-11-16(12-4-6-13(18)7-5-12)24-21(23)17-9-8-15(22)14-3-2-10-20(14)17/h2-7,10-11,17,23H,1,8-9,18H2/b16-11-. The maximum absolute atomic E-state index is 11.9. The first kappa shape index (κ1) is 16.8. The number of aliphatic imine (C=N–C) groups is 1. The monoisotopic (exact) mass is 339 g/mol. The molecule has 0 spiro atoms. The summed E-state index contributed by atoms with van der Waals surface area (Å²) in [5.74, 6) is 0.108. The van der Waals surface area contributed by atoms with Crippen LogP contribution in [0.15, 0.2) is 53.8 Å². The first-order valence-electron chi connectivity index (χ1n) is 7.69. The number of Topliss-reactive ketones (excluding diaryl/α,β-unsaturated/α-hetero) is 1. The Balaban J connectivity index is 1.82. The number of carbonyl (C=O) groups is 1. The molecule has 1 aliphatic heterocycles. The summed E-state index contributed by atoms with van der Waals surface area (Å²) in [7, 11) is 2.02. The van der Waals surface area contributed by atoms with E-state index in [9.17, 15) is 10.0 Å². The fraction of sp³-hybridized carbons (Fsp3) is 0.176. The SMILES string of the molecule is Bc1ccc(/C(=C/N=C)SN(O)C2CCC(=O)c3cccn32)cc1. The zero-order valence-corrected chi connectivity index (χ0v) is 14.2. The number of fused-ring (bicyclic) bond motifs is 1. The highest BCUT2D eigenvalue weighted by atomic mass is 32.2. The number of hydrogen-bond acceptors (Lipinski definition) is 5. The lowest BCUT2D eigenvalue weighted by Crippen LogP contribution is -2.30. The van der Waals surface area contributed by atoms with Crippen molar-refractivity contribution in [3.8, 4) is 0 Å². The molecule has 122 valence electrons. The second kappa shape index (κ2) is 7.21. The van der Waals surface area contributed by atoms with Crippen molar-refractivity contribution in [2.45, 2.75) is 19.0 Å². The van der Waals surface area contributed by atoms with E-state index in [1.165, 1.54) is 21.9 Å². The van der Waals surface area contributed by atoms with Gasteiger partial charge in [0.15, 0.2) is 5.78 Å². The predicted octanol–water partition coefficient (Wildman–Crippen LogP) is 2.26. The normalized spacial score (nSPS) is 17.8. The summed E-state index contributed by atoms with van der Waals surface area (Å²) in [6, 6.07) is 11.6. The third kappa shape index (κ3) is 3.38. The number of rotatable bonds is 5. The fourth-order valence-corrected chi connectivity index (χ4v) is 3.64. The highest BCUT2D eigenvalue weighted by molar-refractivity contribution is 8.06. The van der Waals surface area contributed by atoms with Gasteiger partial charge in [0.2, 0.25) is 0 Å². The van der Waals surface area contributed by atoms with Gasteiger partial charge in [0.05, 0.1) is 10.6 Å². The molecule has 0 fully saturated rings. The summed E-state index contributed by atoms with van der Waals surface area (Å²) in [5.41, 5.74) is 2.75. The van der Waals surface area contributed by atoms with Crippen molar-refractivity contribution >= 4 is 42.7 Å². The van der Waals surface area contributed by atoms with Gasteiger partial charge >= 0.3 is 0 Å². The van der Waals surface area contributed by atoms with Gasteiger partial charge in [0, 0.05) is 18.8 Å². The average Bonchev–Trinajstić information content (AvgIpc) is 3.06. The summed E-state index contributed by atoms with van der Waals surface area (Å²) in [6.07, 6.45) is 4.14. The molecule has 0 radical (unpaired) electrons. The second-order valence-electron chi connectivity index (χ2n) is 5.68. The maximum Gasteiger partial charge on any atom is 0.179 e. The molecule has 2 aromatic rings. The van der Waals surface area contributed by atoms with E-state index in [-0.39, 0.29) is 11.9 Å². The van der Waals surface area contributed by atoms with Crippen molar-refractivity contribution in [1.29, 1.82) is 0 Å². The molecular weight excluding hydrogens is 321 g/mol. The third-order valence-corrected chi connectivity index (χ3v) is 4.98. The van der Waals surface area contributed by atoms with Crippen LogP contribution in [-0.4, -0.2) is 34.6 Å². The molecule has 1 aromatic carbocycles. The van der Waals surface area contributed by atoms with Gasteiger partial charge in [-0.05, 0) is 42.8 Å². The molecule has 1 atom stereocenters. The van der Waals surface area contributed by atoms with Crippen LogP contribution >= 0.6 is 11.9 Å². The van der Waals surface area contributed by atoms with Gasteiger partial charge in [0.25, 0.3) is 0 Å². The first-order valence-corrected chi connectivity index (χ1v) is 8.46. The van der Waals surface area contributed by atoms with Crippen molar-refractivity contribution in [3.63, 3.8) is 0 Å². The lowest BCUT2D eigenvalue weighted by Gasteiger charge is -2.31. The van der Waals surface area contributed by atoms with E-state index >= 15 is 0 Å². The topological polar surface area (TPSA) is 57.8 Å². The number of nitrogens with zero attached hydrogens (tertiary/aromatic N) is 3. The van der Waals surface area contributed by atoms with E-state index in [0.717, 1.165) is 10.5 Å². The van der Waals surface area contributed by atoms with Gasteiger partial charge in [-0.2, -0.15) is 0 Å². The van der Waals surface area contributed by atoms with E-state index in [0.29, 0.717) is 18.5 Å². The number of ketones is 1. The number of aromatic nitrogens is 1. The van der Waals surface area contributed by atoms with Crippen molar-refractivity contribution in [3.05, 3.63) is 60.1 Å². The highest BCUT2D eigenvalue weighted by Crippen LogP contribution is 2.37. The molecule has 1 N–H and O–H groups in total. The lowest BCUT2D eigenvalue weighted by atomic mass is 9.95. The van der Waals surface area contributed by atoms with Gasteiger partial charge in [-0.1, -0.05) is 29.7 Å². The van der Waals surface area contributed by atoms with Crippen LogP contribution in [-0.2, 0) is 0 Å². The van der Waals surface area contributed by atoms with Crippen molar-refractivity contribution < 1.29 is 10.0 Å². The molecule has 2 heterocycles. The Labute approximate surface area is 146 Å². The Morgan fingerprint density at radius 3 is 2.88 bits per heavy atom. The summed E-state index contributed by atoms with van der Waals surface area (Å²) in [5, 5.41) is 10.6. The minimum atomic E-state index is -0.295. The third-order valence-electron chi connectivity index (χ3n) is 4.01. The summed E-state index contributed by atoms with van der Waals surface area (Å²) >= 11 is 1.19. The molecule has 1 aromatic heterocycles. The van der Waals surface area contributed by atoms with Crippen LogP contribution in [0.4, 0.5) is 0 Å². The van der Waals surface area contributed by atoms with Gasteiger partial charge < -0.3 is 9.77 Å². The Hall–Kier alpha value is -2.09. The zero-order valence-electron chi connectivity index (χ0n) is 13.4. The summed E-state index contributed by atoms with van der Waals surface area (Å²) in [6.45, 7) is 3.51. The smallest absolute Gasteiger partial charge is 0.179 e. The largest absolute Gasteiger partial charge is 0.326 e. The number of hydrogen-bond donors (Lipinski definition) is 1. The van der Waals surface area contributed by atoms with Gasteiger partial charge in [-0.25, -0.2) is 0 Å². The fourth-order valence-electron chi connectivity index (χ4n) is 2.75. The van der Waals surface area contributed by atoms with Gasteiger partial charge in [-0.3, -0.25) is 9.79 Å². The lowest BCUT2D eigenvalue weighted by molar-refractivity contribution is -0.0559. The van der Waals surface area contributed by atoms with Crippen LogP contribution in [0.5, 0.6) is 0 Å².